The van der Waals surface area contributed by atoms with Crippen LogP contribution in [0.5, 0.6) is 0 Å². The van der Waals surface area contributed by atoms with Crippen LogP contribution in [0.3, 0.4) is 0 Å². The van der Waals surface area contributed by atoms with Crippen molar-refractivity contribution >= 4 is 15.9 Å². The minimum atomic E-state index is -3.62. The zero-order valence-electron chi connectivity index (χ0n) is 23.4. The molecule has 2 aromatic rings. The van der Waals surface area contributed by atoms with E-state index in [2.05, 4.69) is 36.6 Å². The van der Waals surface area contributed by atoms with Crippen molar-refractivity contribution in [3.63, 3.8) is 0 Å². The molecule has 1 amide bonds. The molecule has 0 saturated heterocycles. The number of amides is 1. The highest BCUT2D eigenvalue weighted by atomic mass is 32.2. The molecular weight excluding hydrogens is 524 g/mol. The standard InChI is InChI=1S/C29H43F2N3O4S/c1-5-11-34(12-6-2)39(37,38)13-10-29(36)33-27(17-23-15-25(30)18-26(31)16-23)28(35)20-32-19-22-8-7-9-24(14-22)21(3)4/h7-9,14-16,18,21,27-28,32,35H,5-6,10-13,17,19-20H2,1-4H3,(H,33,36)/t27-,28+/m0/s1. The van der Waals surface area contributed by atoms with E-state index in [-0.39, 0.29) is 30.7 Å². The number of rotatable bonds is 17. The second-order valence-electron chi connectivity index (χ2n) is 10.2. The normalized spacial score (nSPS) is 13.6. The van der Waals surface area contributed by atoms with Crippen LogP contribution < -0.4 is 10.6 Å². The van der Waals surface area contributed by atoms with Gasteiger partial charge in [-0.05, 0) is 54.0 Å². The van der Waals surface area contributed by atoms with E-state index in [1.807, 2.05) is 26.0 Å². The Bertz CT molecular complexity index is 1130. The maximum Gasteiger partial charge on any atom is 0.221 e. The number of carbonyl (C=O) groups is 1. The Morgan fingerprint density at radius 3 is 2.23 bits per heavy atom. The van der Waals surface area contributed by atoms with Gasteiger partial charge in [-0.15, -0.1) is 0 Å². The van der Waals surface area contributed by atoms with Gasteiger partial charge in [0.2, 0.25) is 15.9 Å². The van der Waals surface area contributed by atoms with E-state index in [1.54, 1.807) is 0 Å². The van der Waals surface area contributed by atoms with Gasteiger partial charge in [-0.1, -0.05) is 52.0 Å². The average Bonchev–Trinajstić information content (AvgIpc) is 2.86. The maximum absolute atomic E-state index is 13.8. The Kier molecular flexibility index (Phi) is 13.5. The van der Waals surface area contributed by atoms with E-state index in [4.69, 9.17) is 0 Å². The molecule has 218 valence electrons. The fraction of sp³-hybridized carbons (Fsp3) is 0.552. The lowest BCUT2D eigenvalue weighted by Crippen LogP contribution is -2.49. The van der Waals surface area contributed by atoms with E-state index in [1.165, 1.54) is 9.87 Å². The summed E-state index contributed by atoms with van der Waals surface area (Å²) in [6.45, 7) is 9.35. The predicted molar refractivity (Wildman–Crippen MR) is 151 cm³/mol. The van der Waals surface area contributed by atoms with E-state index < -0.39 is 39.7 Å². The van der Waals surface area contributed by atoms with Gasteiger partial charge >= 0.3 is 0 Å². The molecule has 39 heavy (non-hydrogen) atoms. The number of nitrogens with one attached hydrogen (secondary N) is 2. The topological polar surface area (TPSA) is 98.7 Å². The molecule has 0 aliphatic carbocycles. The molecule has 0 unspecified atom stereocenters. The Morgan fingerprint density at radius 2 is 1.64 bits per heavy atom. The van der Waals surface area contributed by atoms with E-state index >= 15 is 0 Å². The summed E-state index contributed by atoms with van der Waals surface area (Å²) in [5.41, 5.74) is 2.50. The van der Waals surface area contributed by atoms with Crippen LogP contribution >= 0.6 is 0 Å². The van der Waals surface area contributed by atoms with Gasteiger partial charge in [-0.3, -0.25) is 4.79 Å². The minimum Gasteiger partial charge on any atom is -0.390 e. The molecule has 0 spiro atoms. The Labute approximate surface area is 232 Å². The third-order valence-corrected chi connectivity index (χ3v) is 8.29. The molecule has 0 heterocycles. The van der Waals surface area contributed by atoms with Crippen LogP contribution in [0.1, 0.15) is 69.6 Å². The van der Waals surface area contributed by atoms with Gasteiger partial charge in [0.15, 0.2) is 0 Å². The molecule has 0 aliphatic rings. The molecule has 10 heteroatoms. The summed E-state index contributed by atoms with van der Waals surface area (Å²) in [6.07, 6.45) is -0.0852. The summed E-state index contributed by atoms with van der Waals surface area (Å²) in [4.78, 5) is 12.8. The van der Waals surface area contributed by atoms with Gasteiger partial charge < -0.3 is 15.7 Å². The molecular formula is C29H43F2N3O4S. The average molecular weight is 568 g/mol. The fourth-order valence-corrected chi connectivity index (χ4v) is 5.98. The first-order valence-electron chi connectivity index (χ1n) is 13.6. The van der Waals surface area contributed by atoms with Crippen molar-refractivity contribution in [1.82, 2.24) is 14.9 Å². The summed E-state index contributed by atoms with van der Waals surface area (Å²) >= 11 is 0. The van der Waals surface area contributed by atoms with Gasteiger partial charge in [-0.2, -0.15) is 0 Å². The van der Waals surface area contributed by atoms with Crippen LogP contribution in [0.15, 0.2) is 42.5 Å². The highest BCUT2D eigenvalue weighted by Crippen LogP contribution is 2.16. The number of nitrogens with zero attached hydrogens (tertiary/aromatic N) is 1. The zero-order chi connectivity index (χ0) is 29.0. The van der Waals surface area contributed by atoms with Crippen LogP contribution in [0.2, 0.25) is 0 Å². The molecule has 0 aromatic heterocycles. The van der Waals surface area contributed by atoms with Crippen LogP contribution in [0.4, 0.5) is 8.78 Å². The van der Waals surface area contributed by atoms with Crippen LogP contribution in [-0.4, -0.2) is 61.3 Å². The molecule has 3 N–H and O–H groups in total. The first kappa shape index (κ1) is 32.8. The lowest BCUT2D eigenvalue weighted by atomic mass is 10.00. The SMILES string of the molecule is CCCN(CCC)S(=O)(=O)CCC(=O)N[C@@H](Cc1cc(F)cc(F)c1)[C@H](O)CNCc1cccc(C(C)C)c1. The van der Waals surface area contributed by atoms with Crippen molar-refractivity contribution in [3.05, 3.63) is 70.8 Å². The lowest BCUT2D eigenvalue weighted by Gasteiger charge is -2.25. The molecule has 0 radical (unpaired) electrons. The first-order valence-corrected chi connectivity index (χ1v) is 15.3. The first-order chi connectivity index (χ1) is 18.4. The fourth-order valence-electron chi connectivity index (χ4n) is 4.35. The minimum absolute atomic E-state index is 0.0311. The number of hydrogen-bond acceptors (Lipinski definition) is 5. The second-order valence-corrected chi connectivity index (χ2v) is 12.3. The van der Waals surface area contributed by atoms with Crippen molar-refractivity contribution in [1.29, 1.82) is 0 Å². The quantitative estimate of drug-likeness (QED) is 0.267. The van der Waals surface area contributed by atoms with Crippen LogP contribution in [0, 0.1) is 11.6 Å². The largest absolute Gasteiger partial charge is 0.390 e. The highest BCUT2D eigenvalue weighted by Gasteiger charge is 2.25. The molecule has 0 bridgehead atoms. The van der Waals surface area contributed by atoms with Crippen molar-refractivity contribution < 1.29 is 27.1 Å². The summed E-state index contributed by atoms with van der Waals surface area (Å²) in [6, 6.07) is 10.2. The van der Waals surface area contributed by atoms with Crippen LogP contribution in [0.25, 0.3) is 0 Å². The maximum atomic E-state index is 13.8. The lowest BCUT2D eigenvalue weighted by molar-refractivity contribution is -0.122. The smallest absolute Gasteiger partial charge is 0.221 e. The number of hydrogen-bond donors (Lipinski definition) is 3. The van der Waals surface area contributed by atoms with Crippen LogP contribution in [-0.2, 0) is 27.8 Å². The number of aliphatic hydroxyl groups is 1. The van der Waals surface area contributed by atoms with Gasteiger partial charge in [0.1, 0.15) is 11.6 Å². The Morgan fingerprint density at radius 1 is 1.00 bits per heavy atom. The second kappa shape index (κ2) is 16.0. The van der Waals surface area contributed by atoms with Gasteiger partial charge in [0.05, 0.1) is 17.9 Å². The van der Waals surface area contributed by atoms with Crippen molar-refractivity contribution in [2.24, 2.45) is 0 Å². The van der Waals surface area contributed by atoms with Crippen molar-refractivity contribution in [2.75, 3.05) is 25.4 Å². The number of aliphatic hydroxyl groups excluding tert-OH is 1. The number of benzene rings is 2. The monoisotopic (exact) mass is 567 g/mol. The van der Waals surface area contributed by atoms with Gasteiger partial charge in [-0.25, -0.2) is 21.5 Å². The molecule has 0 fully saturated rings. The van der Waals surface area contributed by atoms with Gasteiger partial charge in [0.25, 0.3) is 0 Å². The summed E-state index contributed by atoms with van der Waals surface area (Å²) < 4.78 is 54.5. The van der Waals surface area contributed by atoms with E-state index in [9.17, 15) is 27.1 Å². The van der Waals surface area contributed by atoms with E-state index in [0.717, 1.165) is 23.8 Å². The molecule has 2 aromatic carbocycles. The molecule has 2 rings (SSSR count). The predicted octanol–water partition coefficient (Wildman–Crippen LogP) is 4.11. The van der Waals surface area contributed by atoms with Gasteiger partial charge in [0, 0.05) is 38.7 Å². The van der Waals surface area contributed by atoms with Crippen molar-refractivity contribution in [2.45, 2.75) is 78.0 Å². The third kappa shape index (κ3) is 11.3. The van der Waals surface area contributed by atoms with Crippen molar-refractivity contribution in [3.8, 4) is 0 Å². The number of halogens is 2. The Balaban J connectivity index is 2.08. The zero-order valence-corrected chi connectivity index (χ0v) is 24.2. The molecule has 2 atom stereocenters. The summed E-state index contributed by atoms with van der Waals surface area (Å²) in [5.74, 6) is -2.06. The number of carbonyl (C=O) groups excluding carboxylic acids is 1. The number of sulfonamides is 1. The molecule has 7 nitrogen and oxygen atoms in total. The summed E-state index contributed by atoms with van der Waals surface area (Å²) in [7, 11) is -3.62. The molecule has 0 aliphatic heterocycles. The molecule has 0 saturated carbocycles. The third-order valence-electron chi connectivity index (χ3n) is 6.42. The Hall–Kier alpha value is -2.40. The summed E-state index contributed by atoms with van der Waals surface area (Å²) in [5, 5.41) is 16.8. The highest BCUT2D eigenvalue weighted by molar-refractivity contribution is 7.89. The van der Waals surface area contributed by atoms with E-state index in [0.29, 0.717) is 38.4 Å².